The van der Waals surface area contributed by atoms with E-state index in [0.717, 1.165) is 22.4 Å². The fourth-order valence-electron chi connectivity index (χ4n) is 5.57. The van der Waals surface area contributed by atoms with Crippen molar-refractivity contribution in [3.8, 4) is 28.4 Å². The standard InChI is InChI=1S/C33H29NO4/c1-32(2)28-7-5-6-8-29(28)34(3)33(32)20-19-25-21-24(13-18-30(25)38-33)22-9-16-27(17-10-22)37-31(35)23-11-14-26(36-4)15-12-23/h5-21H,1-4H3. The van der Waals surface area contributed by atoms with Gasteiger partial charge in [-0.15, -0.1) is 0 Å². The smallest absolute Gasteiger partial charge is 0.343 e. The van der Waals surface area contributed by atoms with E-state index >= 15 is 0 Å². The lowest BCUT2D eigenvalue weighted by atomic mass is 9.76. The number of likely N-dealkylation sites (N-methyl/N-ethyl adjacent to an activating group) is 1. The van der Waals surface area contributed by atoms with Crippen LogP contribution in [0, 0.1) is 0 Å². The van der Waals surface area contributed by atoms with Gasteiger partial charge < -0.3 is 19.1 Å². The highest BCUT2D eigenvalue weighted by atomic mass is 16.5. The first-order chi connectivity index (χ1) is 18.3. The molecule has 2 heterocycles. The van der Waals surface area contributed by atoms with Crippen molar-refractivity contribution in [2.45, 2.75) is 25.0 Å². The largest absolute Gasteiger partial charge is 0.497 e. The Morgan fingerprint density at radius 2 is 1.53 bits per heavy atom. The van der Waals surface area contributed by atoms with Gasteiger partial charge in [0.15, 0.2) is 0 Å². The molecule has 2 aliphatic heterocycles. The summed E-state index contributed by atoms with van der Waals surface area (Å²) in [5.74, 6) is 1.63. The molecule has 5 nitrogen and oxygen atoms in total. The summed E-state index contributed by atoms with van der Waals surface area (Å²) in [5, 5.41) is 0. The Balaban J connectivity index is 1.21. The Bertz CT molecular complexity index is 1550. The zero-order valence-electron chi connectivity index (χ0n) is 21.9. The van der Waals surface area contributed by atoms with Crippen molar-refractivity contribution in [3.05, 3.63) is 114 Å². The lowest BCUT2D eigenvalue weighted by Gasteiger charge is -2.45. The molecule has 0 aromatic heterocycles. The van der Waals surface area contributed by atoms with Crippen LogP contribution < -0.4 is 19.1 Å². The van der Waals surface area contributed by atoms with Crippen LogP contribution in [-0.4, -0.2) is 25.9 Å². The maximum absolute atomic E-state index is 12.5. The third-order valence-corrected chi connectivity index (χ3v) is 7.82. The normalized spacial score (nSPS) is 18.5. The molecule has 6 rings (SSSR count). The molecule has 0 N–H and O–H groups in total. The van der Waals surface area contributed by atoms with Crippen LogP contribution in [0.5, 0.6) is 17.2 Å². The quantitative estimate of drug-likeness (QED) is 0.219. The van der Waals surface area contributed by atoms with Gasteiger partial charge in [-0.05, 0) is 97.3 Å². The van der Waals surface area contributed by atoms with Crippen molar-refractivity contribution < 1.29 is 19.0 Å². The Kier molecular flexibility index (Phi) is 5.53. The fraction of sp³-hybridized carbons (Fsp3) is 0.182. The number of hydrogen-bond donors (Lipinski definition) is 0. The highest BCUT2D eigenvalue weighted by Crippen LogP contribution is 2.54. The van der Waals surface area contributed by atoms with Crippen molar-refractivity contribution in [2.24, 2.45) is 0 Å². The second-order valence-electron chi connectivity index (χ2n) is 10.2. The van der Waals surface area contributed by atoms with Crippen LogP contribution >= 0.6 is 0 Å². The fourth-order valence-corrected chi connectivity index (χ4v) is 5.57. The third kappa shape index (κ3) is 3.66. The summed E-state index contributed by atoms with van der Waals surface area (Å²) < 4.78 is 17.5. The van der Waals surface area contributed by atoms with Gasteiger partial charge in [-0.25, -0.2) is 4.79 Å². The Morgan fingerprint density at radius 3 is 2.24 bits per heavy atom. The molecule has 2 aliphatic rings. The van der Waals surface area contributed by atoms with Crippen LogP contribution in [0.2, 0.25) is 0 Å². The lowest BCUT2D eigenvalue weighted by Crippen LogP contribution is -2.58. The number of fused-ring (bicyclic) bond motifs is 2. The minimum atomic E-state index is -0.597. The third-order valence-electron chi connectivity index (χ3n) is 7.82. The monoisotopic (exact) mass is 503 g/mol. The second kappa shape index (κ2) is 8.80. The molecule has 190 valence electrons. The minimum Gasteiger partial charge on any atom is -0.497 e. The van der Waals surface area contributed by atoms with Crippen molar-refractivity contribution in [1.29, 1.82) is 0 Å². The average molecular weight is 504 g/mol. The molecule has 4 aromatic carbocycles. The van der Waals surface area contributed by atoms with E-state index in [4.69, 9.17) is 14.2 Å². The zero-order chi connectivity index (χ0) is 26.5. The van der Waals surface area contributed by atoms with E-state index in [1.165, 1.54) is 11.3 Å². The topological polar surface area (TPSA) is 48.0 Å². The van der Waals surface area contributed by atoms with Gasteiger partial charge in [0.2, 0.25) is 5.72 Å². The van der Waals surface area contributed by atoms with Crippen LogP contribution in [0.3, 0.4) is 0 Å². The van der Waals surface area contributed by atoms with Crippen molar-refractivity contribution in [2.75, 3.05) is 19.1 Å². The molecule has 1 atom stereocenters. The number of esters is 1. The van der Waals surface area contributed by atoms with Crippen LogP contribution in [0.25, 0.3) is 17.2 Å². The molecule has 0 saturated heterocycles. The predicted molar refractivity (Wildman–Crippen MR) is 150 cm³/mol. The van der Waals surface area contributed by atoms with Gasteiger partial charge >= 0.3 is 5.97 Å². The van der Waals surface area contributed by atoms with Crippen LogP contribution in [0.4, 0.5) is 5.69 Å². The number of carbonyl (C=O) groups excluding carboxylic acids is 1. The van der Waals surface area contributed by atoms with Gasteiger partial charge in [0.1, 0.15) is 17.2 Å². The molecule has 5 heteroatoms. The minimum absolute atomic E-state index is 0.232. The maximum Gasteiger partial charge on any atom is 0.343 e. The van der Waals surface area contributed by atoms with Gasteiger partial charge in [-0.1, -0.05) is 36.4 Å². The van der Waals surface area contributed by atoms with E-state index < -0.39 is 11.7 Å². The number of methoxy groups -OCH3 is 1. The molecule has 0 amide bonds. The number of carbonyl (C=O) groups is 1. The van der Waals surface area contributed by atoms with Gasteiger partial charge in [-0.2, -0.15) is 0 Å². The first kappa shape index (κ1) is 23.9. The molecule has 38 heavy (non-hydrogen) atoms. The number of para-hydroxylation sites is 1. The highest BCUT2D eigenvalue weighted by Gasteiger charge is 2.57. The molecule has 0 bridgehead atoms. The van der Waals surface area contributed by atoms with Crippen LogP contribution in [0.15, 0.2) is 97.1 Å². The summed E-state index contributed by atoms with van der Waals surface area (Å²) in [6, 6.07) is 29.1. The number of ether oxygens (including phenoxy) is 3. The Morgan fingerprint density at radius 1 is 0.842 bits per heavy atom. The summed E-state index contributed by atoms with van der Waals surface area (Å²) in [5.41, 5.74) is 5.22. The number of anilines is 1. The summed E-state index contributed by atoms with van der Waals surface area (Å²) in [6.45, 7) is 4.48. The lowest BCUT2D eigenvalue weighted by molar-refractivity contribution is 0.0582. The number of rotatable bonds is 4. The summed E-state index contributed by atoms with van der Waals surface area (Å²) in [7, 11) is 3.69. The van der Waals surface area contributed by atoms with E-state index in [0.29, 0.717) is 17.1 Å². The second-order valence-corrected chi connectivity index (χ2v) is 10.2. The van der Waals surface area contributed by atoms with Gasteiger partial charge in [-0.3, -0.25) is 0 Å². The van der Waals surface area contributed by atoms with Crippen LogP contribution in [0.1, 0.15) is 35.3 Å². The molecule has 0 aliphatic carbocycles. The molecule has 0 fully saturated rings. The van der Waals surface area contributed by atoms with Crippen molar-refractivity contribution in [1.82, 2.24) is 0 Å². The number of nitrogens with zero attached hydrogens (tertiary/aromatic N) is 1. The molecule has 1 unspecified atom stereocenters. The van der Waals surface area contributed by atoms with E-state index in [2.05, 4.69) is 74.3 Å². The first-order valence-corrected chi connectivity index (χ1v) is 12.6. The van der Waals surface area contributed by atoms with E-state index in [9.17, 15) is 4.79 Å². The van der Waals surface area contributed by atoms with E-state index in [-0.39, 0.29) is 5.41 Å². The molecule has 0 radical (unpaired) electrons. The number of benzene rings is 4. The molecule has 4 aromatic rings. The molecular weight excluding hydrogens is 474 g/mol. The van der Waals surface area contributed by atoms with Gasteiger partial charge in [0.05, 0.1) is 18.1 Å². The zero-order valence-corrected chi connectivity index (χ0v) is 21.9. The summed E-state index contributed by atoms with van der Waals surface area (Å²) in [4.78, 5) is 14.7. The SMILES string of the molecule is COc1ccc(C(=O)Oc2ccc(-c3ccc4c(c3)C=CC3(O4)N(C)c4ccccc4C3(C)C)cc2)cc1. The molecular formula is C33H29NO4. The first-order valence-electron chi connectivity index (χ1n) is 12.6. The predicted octanol–water partition coefficient (Wildman–Crippen LogP) is 7.11. The Labute approximate surface area is 222 Å². The molecule has 0 saturated carbocycles. The van der Waals surface area contributed by atoms with Crippen molar-refractivity contribution >= 4 is 17.7 Å². The van der Waals surface area contributed by atoms with E-state index in [1.807, 2.05) is 30.3 Å². The van der Waals surface area contributed by atoms with Gasteiger partial charge in [0.25, 0.3) is 0 Å². The maximum atomic E-state index is 12.5. The van der Waals surface area contributed by atoms with Crippen LogP contribution in [-0.2, 0) is 5.41 Å². The average Bonchev–Trinajstić information content (AvgIpc) is 3.11. The Hall–Kier alpha value is -4.51. The van der Waals surface area contributed by atoms with E-state index in [1.54, 1.807) is 31.4 Å². The summed E-state index contributed by atoms with van der Waals surface area (Å²) >= 11 is 0. The summed E-state index contributed by atoms with van der Waals surface area (Å²) in [6.07, 6.45) is 4.35. The molecule has 1 spiro atoms. The van der Waals surface area contributed by atoms with Gasteiger partial charge in [0, 0.05) is 18.3 Å². The van der Waals surface area contributed by atoms with Crippen molar-refractivity contribution in [3.63, 3.8) is 0 Å². The number of hydrogen-bond acceptors (Lipinski definition) is 5. The highest BCUT2D eigenvalue weighted by molar-refractivity contribution is 5.91.